The van der Waals surface area contributed by atoms with E-state index in [9.17, 15) is 9.59 Å². The highest BCUT2D eigenvalue weighted by Gasteiger charge is 2.38. The van der Waals surface area contributed by atoms with E-state index in [2.05, 4.69) is 12.2 Å². The zero-order chi connectivity index (χ0) is 19.7. The second kappa shape index (κ2) is 8.00. The Bertz CT molecular complexity index is 878. The Kier molecular flexibility index (Phi) is 5.44. The minimum atomic E-state index is -0.637. The minimum absolute atomic E-state index is 0.0690. The van der Waals surface area contributed by atoms with Crippen molar-refractivity contribution in [3.8, 4) is 0 Å². The van der Waals surface area contributed by atoms with Gasteiger partial charge < -0.3 is 14.8 Å². The number of fused-ring (bicyclic) bond motifs is 1. The second-order valence-electron chi connectivity index (χ2n) is 7.95. The van der Waals surface area contributed by atoms with Gasteiger partial charge in [-0.1, -0.05) is 49.6 Å². The van der Waals surface area contributed by atoms with Gasteiger partial charge in [-0.3, -0.25) is 9.59 Å². The third-order valence-corrected chi connectivity index (χ3v) is 6.44. The molecule has 0 saturated heterocycles. The highest BCUT2D eigenvalue weighted by Crippen LogP contribution is 2.31. The fraction of sp³-hybridized carbons (Fsp3) is 0.455. The van der Waals surface area contributed by atoms with Crippen LogP contribution in [0.25, 0.3) is 0 Å². The molecule has 3 unspecified atom stereocenters. The first-order valence-corrected chi connectivity index (χ1v) is 10.4. The van der Waals surface area contributed by atoms with Crippen LogP contribution in [0.15, 0.2) is 42.6 Å². The van der Waals surface area contributed by atoms with Gasteiger partial charge in [-0.15, -0.1) is 0 Å². The van der Waals surface area contributed by atoms with Gasteiger partial charge in [0.05, 0.1) is 5.69 Å². The molecule has 1 N–H and O–H groups in total. The molecule has 1 saturated carbocycles. The lowest BCUT2D eigenvalue weighted by Gasteiger charge is -2.38. The Balaban J connectivity index is 1.63. The maximum absolute atomic E-state index is 13.4. The molecule has 28 heavy (non-hydrogen) atoms. The molecule has 148 valence electrons. The van der Waals surface area contributed by atoms with E-state index in [0.29, 0.717) is 17.5 Å². The number of rotatable bonds is 4. The van der Waals surface area contributed by atoms with E-state index in [1.165, 1.54) is 6.42 Å². The SMILES string of the molecule is CC1CCCCC1NC(=O)C1c2cccn2CC(=O)N1Cc1ccccc1Cl. The number of aromatic nitrogens is 1. The summed E-state index contributed by atoms with van der Waals surface area (Å²) < 4.78 is 1.87. The molecule has 0 spiro atoms. The summed E-state index contributed by atoms with van der Waals surface area (Å²) in [6.45, 7) is 2.76. The lowest BCUT2D eigenvalue weighted by atomic mass is 9.85. The van der Waals surface area contributed by atoms with Crippen molar-refractivity contribution in [1.29, 1.82) is 0 Å². The molecule has 2 aromatic rings. The van der Waals surface area contributed by atoms with Crippen LogP contribution in [0.4, 0.5) is 0 Å². The lowest BCUT2D eigenvalue weighted by molar-refractivity contribution is -0.145. The van der Waals surface area contributed by atoms with Gasteiger partial charge >= 0.3 is 0 Å². The molecule has 3 atom stereocenters. The highest BCUT2D eigenvalue weighted by molar-refractivity contribution is 6.31. The Morgan fingerprint density at radius 3 is 2.75 bits per heavy atom. The number of halogens is 1. The molecule has 2 heterocycles. The van der Waals surface area contributed by atoms with Crippen molar-refractivity contribution in [2.45, 2.75) is 57.8 Å². The molecule has 6 heteroatoms. The summed E-state index contributed by atoms with van der Waals surface area (Å²) >= 11 is 6.33. The third kappa shape index (κ3) is 3.68. The number of nitrogens with zero attached hydrogens (tertiary/aromatic N) is 2. The van der Waals surface area contributed by atoms with Crippen LogP contribution in [0, 0.1) is 5.92 Å². The van der Waals surface area contributed by atoms with Gasteiger partial charge in [0.15, 0.2) is 6.04 Å². The van der Waals surface area contributed by atoms with Gasteiger partial charge in [0.25, 0.3) is 0 Å². The van der Waals surface area contributed by atoms with Gasteiger partial charge in [-0.25, -0.2) is 0 Å². The summed E-state index contributed by atoms with van der Waals surface area (Å²) in [7, 11) is 0. The highest BCUT2D eigenvalue weighted by atomic mass is 35.5. The molecule has 1 aromatic carbocycles. The molecule has 4 rings (SSSR count). The molecular formula is C22H26ClN3O2. The van der Waals surface area contributed by atoms with Gasteiger partial charge in [0.2, 0.25) is 11.8 Å². The Labute approximate surface area is 170 Å². The Hall–Kier alpha value is -2.27. The van der Waals surface area contributed by atoms with Crippen LogP contribution in [0.2, 0.25) is 5.02 Å². The van der Waals surface area contributed by atoms with E-state index in [0.717, 1.165) is 30.5 Å². The molecule has 1 fully saturated rings. The fourth-order valence-corrected chi connectivity index (χ4v) is 4.61. The molecule has 1 aliphatic heterocycles. The summed E-state index contributed by atoms with van der Waals surface area (Å²) in [5.41, 5.74) is 1.70. The van der Waals surface area contributed by atoms with Gasteiger partial charge in [-0.05, 0) is 42.5 Å². The third-order valence-electron chi connectivity index (χ3n) is 6.07. The van der Waals surface area contributed by atoms with E-state index >= 15 is 0 Å². The van der Waals surface area contributed by atoms with Crippen molar-refractivity contribution in [3.05, 3.63) is 58.9 Å². The molecule has 2 aliphatic rings. The minimum Gasteiger partial charge on any atom is -0.351 e. The maximum atomic E-state index is 13.4. The van der Waals surface area contributed by atoms with Crippen molar-refractivity contribution in [1.82, 2.24) is 14.8 Å². The summed E-state index contributed by atoms with van der Waals surface area (Å²) in [6, 6.07) is 10.8. The number of carbonyl (C=O) groups excluding carboxylic acids is 2. The van der Waals surface area contributed by atoms with E-state index < -0.39 is 6.04 Å². The summed E-state index contributed by atoms with van der Waals surface area (Å²) in [4.78, 5) is 27.9. The largest absolute Gasteiger partial charge is 0.351 e. The van der Waals surface area contributed by atoms with Crippen LogP contribution in [0.1, 0.15) is 49.9 Å². The number of hydrogen-bond donors (Lipinski definition) is 1. The summed E-state index contributed by atoms with van der Waals surface area (Å²) in [5, 5.41) is 3.85. The predicted octanol–water partition coefficient (Wildman–Crippen LogP) is 3.92. The van der Waals surface area contributed by atoms with Crippen LogP contribution in [0.3, 0.4) is 0 Å². The maximum Gasteiger partial charge on any atom is 0.249 e. The van der Waals surface area contributed by atoms with Gasteiger partial charge in [-0.2, -0.15) is 0 Å². The van der Waals surface area contributed by atoms with Crippen LogP contribution in [-0.4, -0.2) is 27.3 Å². The number of benzene rings is 1. The molecule has 1 aromatic heterocycles. The molecule has 0 radical (unpaired) electrons. The average Bonchev–Trinajstić information content (AvgIpc) is 3.13. The monoisotopic (exact) mass is 399 g/mol. The zero-order valence-electron chi connectivity index (χ0n) is 16.1. The topological polar surface area (TPSA) is 54.3 Å². The second-order valence-corrected chi connectivity index (χ2v) is 8.36. The number of amides is 2. The number of carbonyl (C=O) groups is 2. The normalized spacial score (nSPS) is 24.7. The van der Waals surface area contributed by atoms with Gasteiger partial charge in [0.1, 0.15) is 6.54 Å². The zero-order valence-corrected chi connectivity index (χ0v) is 16.9. The molecule has 0 bridgehead atoms. The smallest absolute Gasteiger partial charge is 0.249 e. The Morgan fingerprint density at radius 2 is 1.96 bits per heavy atom. The standard InChI is InChI=1S/C22H26ClN3O2/c1-15-7-2-5-10-18(15)24-22(28)21-19-11-6-12-25(19)14-20(27)26(21)13-16-8-3-4-9-17(16)23/h3-4,6,8-9,11-12,15,18,21H,2,5,7,10,13-14H2,1H3,(H,24,28). The Morgan fingerprint density at radius 1 is 1.18 bits per heavy atom. The average molecular weight is 400 g/mol. The molecular weight excluding hydrogens is 374 g/mol. The number of nitrogens with one attached hydrogen (secondary N) is 1. The van der Waals surface area contributed by atoms with Crippen LogP contribution >= 0.6 is 11.6 Å². The molecule has 2 amide bonds. The summed E-state index contributed by atoms with van der Waals surface area (Å²) in [6.07, 6.45) is 6.35. The van der Waals surface area contributed by atoms with E-state index in [1.807, 2.05) is 47.2 Å². The lowest BCUT2D eigenvalue weighted by Crippen LogP contribution is -2.51. The van der Waals surface area contributed by atoms with Crippen molar-refractivity contribution >= 4 is 23.4 Å². The van der Waals surface area contributed by atoms with E-state index in [4.69, 9.17) is 11.6 Å². The van der Waals surface area contributed by atoms with Crippen LogP contribution < -0.4 is 5.32 Å². The first-order chi connectivity index (χ1) is 13.5. The van der Waals surface area contributed by atoms with Crippen molar-refractivity contribution < 1.29 is 9.59 Å². The fourth-order valence-electron chi connectivity index (χ4n) is 4.42. The van der Waals surface area contributed by atoms with Crippen molar-refractivity contribution in [2.75, 3.05) is 0 Å². The van der Waals surface area contributed by atoms with Crippen molar-refractivity contribution in [2.24, 2.45) is 5.92 Å². The van der Waals surface area contributed by atoms with Gasteiger partial charge in [0, 0.05) is 23.8 Å². The first-order valence-electron chi connectivity index (χ1n) is 10.0. The van der Waals surface area contributed by atoms with Crippen LogP contribution in [0.5, 0.6) is 0 Å². The predicted molar refractivity (Wildman–Crippen MR) is 109 cm³/mol. The van der Waals surface area contributed by atoms with E-state index in [-0.39, 0.29) is 24.4 Å². The van der Waals surface area contributed by atoms with Crippen LogP contribution in [-0.2, 0) is 22.7 Å². The number of hydrogen-bond acceptors (Lipinski definition) is 2. The van der Waals surface area contributed by atoms with E-state index in [1.54, 1.807) is 4.90 Å². The molecule has 5 nitrogen and oxygen atoms in total. The quantitative estimate of drug-likeness (QED) is 0.847. The first kappa shape index (κ1) is 19.1. The molecule has 1 aliphatic carbocycles. The van der Waals surface area contributed by atoms with Crippen molar-refractivity contribution in [3.63, 3.8) is 0 Å². The summed E-state index contributed by atoms with van der Waals surface area (Å²) in [5.74, 6) is 0.292.